The highest BCUT2D eigenvalue weighted by molar-refractivity contribution is 6.34. The zero-order valence-electron chi connectivity index (χ0n) is 10.9. The Hall–Kier alpha value is -2.24. The molecule has 0 atom stereocenters. The van der Waals surface area contributed by atoms with Crippen molar-refractivity contribution in [2.45, 2.75) is 12.8 Å². The van der Waals surface area contributed by atoms with Gasteiger partial charge in [-0.05, 0) is 28.8 Å². The molecule has 1 heterocycles. The predicted octanol–water partition coefficient (Wildman–Crippen LogP) is 4.55. The van der Waals surface area contributed by atoms with E-state index >= 15 is 0 Å². The molecule has 2 aromatic carbocycles. The quantitative estimate of drug-likeness (QED) is 0.876. The Labute approximate surface area is 123 Å². The van der Waals surface area contributed by atoms with Gasteiger partial charge in [-0.1, -0.05) is 42.4 Å². The van der Waals surface area contributed by atoms with Gasteiger partial charge in [-0.15, -0.1) is 0 Å². The lowest BCUT2D eigenvalue weighted by atomic mass is 9.99. The lowest BCUT2D eigenvalue weighted by Gasteiger charge is -2.09. The number of hydrogen-bond acceptors (Lipinski definition) is 2. The van der Waals surface area contributed by atoms with Gasteiger partial charge in [0, 0.05) is 23.4 Å². The van der Waals surface area contributed by atoms with Crippen molar-refractivity contribution in [1.82, 2.24) is 0 Å². The zero-order valence-corrected chi connectivity index (χ0v) is 11.7. The van der Waals surface area contributed by atoms with Crippen LogP contribution in [-0.2, 0) is 12.8 Å². The lowest BCUT2D eigenvalue weighted by molar-refractivity contribution is 1.25. The molecule has 1 aliphatic heterocycles. The van der Waals surface area contributed by atoms with Crippen molar-refractivity contribution in [1.29, 1.82) is 5.26 Å². The fourth-order valence-corrected chi connectivity index (χ4v) is 2.82. The van der Waals surface area contributed by atoms with Crippen molar-refractivity contribution in [3.8, 4) is 17.2 Å². The van der Waals surface area contributed by atoms with Gasteiger partial charge in [0.1, 0.15) is 0 Å². The summed E-state index contributed by atoms with van der Waals surface area (Å²) >= 11 is 6.42. The summed E-state index contributed by atoms with van der Waals surface area (Å²) in [6, 6.07) is 14.2. The van der Waals surface area contributed by atoms with E-state index in [9.17, 15) is 0 Å². The van der Waals surface area contributed by atoms with Crippen LogP contribution in [0.3, 0.4) is 0 Å². The van der Waals surface area contributed by atoms with Gasteiger partial charge >= 0.3 is 0 Å². The molecule has 0 unspecified atom stereocenters. The monoisotopic (exact) mass is 280 g/mol. The van der Waals surface area contributed by atoms with Gasteiger partial charge in [-0.25, -0.2) is 0 Å². The molecule has 0 amide bonds. The summed E-state index contributed by atoms with van der Waals surface area (Å²) in [5.74, 6) is 0. The van der Waals surface area contributed by atoms with Crippen molar-refractivity contribution >= 4 is 17.3 Å². The van der Waals surface area contributed by atoms with Crippen LogP contribution in [-0.4, -0.2) is 0 Å². The zero-order chi connectivity index (χ0) is 14.1. The van der Waals surface area contributed by atoms with Crippen LogP contribution < -0.4 is 5.32 Å². The summed E-state index contributed by atoms with van der Waals surface area (Å²) in [6.45, 7) is 3.95. The van der Waals surface area contributed by atoms with Crippen LogP contribution >= 0.6 is 11.6 Å². The fraction of sp³-hybridized carbons (Fsp3) is 0.118. The molecule has 3 rings (SSSR count). The Morgan fingerprint density at radius 3 is 2.95 bits per heavy atom. The van der Waals surface area contributed by atoms with Gasteiger partial charge in [0.2, 0.25) is 0 Å². The number of hydrogen-bond donors (Lipinski definition) is 1. The first-order chi connectivity index (χ1) is 9.69. The van der Waals surface area contributed by atoms with Crippen molar-refractivity contribution in [2.75, 3.05) is 5.32 Å². The normalized spacial score (nSPS) is 12.7. The molecule has 0 aromatic heterocycles. The van der Waals surface area contributed by atoms with E-state index in [1.165, 1.54) is 5.56 Å². The molecule has 1 aliphatic rings. The molecule has 0 spiro atoms. The highest BCUT2D eigenvalue weighted by Gasteiger charge is 2.15. The van der Waals surface area contributed by atoms with E-state index < -0.39 is 0 Å². The second kappa shape index (κ2) is 5.03. The van der Waals surface area contributed by atoms with Crippen molar-refractivity contribution in [3.63, 3.8) is 0 Å². The summed E-state index contributed by atoms with van der Waals surface area (Å²) in [6.07, 6.45) is 1.18. The van der Waals surface area contributed by atoms with Gasteiger partial charge in [0.15, 0.2) is 0 Å². The smallest absolute Gasteiger partial charge is 0.0670 e. The third-order valence-corrected chi connectivity index (χ3v) is 3.93. The Morgan fingerprint density at radius 2 is 2.15 bits per heavy atom. The van der Waals surface area contributed by atoms with Crippen LogP contribution in [0, 0.1) is 11.3 Å². The summed E-state index contributed by atoms with van der Waals surface area (Å²) < 4.78 is 0. The molecule has 0 saturated heterocycles. The predicted molar refractivity (Wildman–Crippen MR) is 82.7 cm³/mol. The molecule has 0 aliphatic carbocycles. The highest BCUT2D eigenvalue weighted by atomic mass is 35.5. The first-order valence-electron chi connectivity index (χ1n) is 6.41. The number of allylic oxidation sites excluding steroid dienone is 1. The molecule has 0 radical (unpaired) electrons. The molecule has 0 saturated carbocycles. The molecule has 2 nitrogen and oxygen atoms in total. The Morgan fingerprint density at radius 1 is 1.30 bits per heavy atom. The summed E-state index contributed by atoms with van der Waals surface area (Å²) in [7, 11) is 0. The standard InChI is InChI=1S/C17H13ClN2/c1-11-9-14-10-13(5-6-16(14)20-11)15-4-2-3-12(7-8-19)17(15)18/h2-6,10,20H,1,7,9H2. The molecule has 3 heteroatoms. The SMILES string of the molecule is C=C1Cc2cc(-c3cccc(CC#N)c3Cl)ccc2N1. The van der Waals surface area contributed by atoms with Gasteiger partial charge < -0.3 is 5.32 Å². The molecule has 98 valence electrons. The van der Waals surface area contributed by atoms with E-state index in [1.54, 1.807) is 0 Å². The average Bonchev–Trinajstić information content (AvgIpc) is 2.80. The maximum Gasteiger partial charge on any atom is 0.0670 e. The maximum absolute atomic E-state index is 8.83. The van der Waals surface area contributed by atoms with Crippen LogP contribution in [0.5, 0.6) is 0 Å². The first-order valence-corrected chi connectivity index (χ1v) is 6.79. The molecular weight excluding hydrogens is 268 g/mol. The fourth-order valence-electron chi connectivity index (χ4n) is 2.52. The molecule has 0 fully saturated rings. The highest BCUT2D eigenvalue weighted by Crippen LogP contribution is 2.35. The Bertz CT molecular complexity index is 741. The van der Waals surface area contributed by atoms with Gasteiger partial charge in [0.05, 0.1) is 17.5 Å². The van der Waals surface area contributed by atoms with E-state index in [2.05, 4.69) is 30.1 Å². The first kappa shape index (κ1) is 12.8. The Balaban J connectivity index is 2.07. The largest absolute Gasteiger partial charge is 0.359 e. The summed E-state index contributed by atoms with van der Waals surface area (Å²) in [4.78, 5) is 0. The van der Waals surface area contributed by atoms with E-state index in [0.717, 1.165) is 34.5 Å². The molecule has 20 heavy (non-hydrogen) atoms. The van der Waals surface area contributed by atoms with Gasteiger partial charge in [0.25, 0.3) is 0 Å². The summed E-state index contributed by atoms with van der Waals surface area (Å²) in [5.41, 5.74) is 6.28. The van der Waals surface area contributed by atoms with Crippen molar-refractivity contribution in [3.05, 3.63) is 64.8 Å². The Kier molecular flexibility index (Phi) is 3.22. The van der Waals surface area contributed by atoms with Crippen LogP contribution in [0.2, 0.25) is 5.02 Å². The summed E-state index contributed by atoms with van der Waals surface area (Å²) in [5, 5.41) is 12.8. The van der Waals surface area contributed by atoms with E-state index in [1.807, 2.05) is 24.3 Å². The average molecular weight is 281 g/mol. The number of rotatable bonds is 2. The number of benzene rings is 2. The topological polar surface area (TPSA) is 35.8 Å². The van der Waals surface area contributed by atoms with Crippen molar-refractivity contribution < 1.29 is 0 Å². The third kappa shape index (κ3) is 2.17. The second-order valence-electron chi connectivity index (χ2n) is 4.89. The van der Waals surface area contributed by atoms with E-state index in [4.69, 9.17) is 16.9 Å². The number of anilines is 1. The van der Waals surface area contributed by atoms with Crippen LogP contribution in [0.1, 0.15) is 11.1 Å². The number of fused-ring (bicyclic) bond motifs is 1. The molecule has 2 aromatic rings. The maximum atomic E-state index is 8.83. The molecule has 0 bridgehead atoms. The minimum absolute atomic E-state index is 0.329. The minimum Gasteiger partial charge on any atom is -0.359 e. The third-order valence-electron chi connectivity index (χ3n) is 3.48. The number of nitriles is 1. The minimum atomic E-state index is 0.329. The molecular formula is C17H13ClN2. The van der Waals surface area contributed by atoms with Gasteiger partial charge in [-0.2, -0.15) is 5.26 Å². The van der Waals surface area contributed by atoms with Crippen LogP contribution in [0.25, 0.3) is 11.1 Å². The number of halogens is 1. The van der Waals surface area contributed by atoms with E-state index in [-0.39, 0.29) is 0 Å². The van der Waals surface area contributed by atoms with Crippen LogP contribution in [0.15, 0.2) is 48.7 Å². The van der Waals surface area contributed by atoms with Crippen molar-refractivity contribution in [2.24, 2.45) is 0 Å². The second-order valence-corrected chi connectivity index (χ2v) is 5.27. The van der Waals surface area contributed by atoms with E-state index in [0.29, 0.717) is 11.4 Å². The number of nitrogens with one attached hydrogen (secondary N) is 1. The lowest BCUT2D eigenvalue weighted by Crippen LogP contribution is -1.89. The number of nitrogens with zero attached hydrogens (tertiary/aromatic N) is 1. The van der Waals surface area contributed by atoms with Gasteiger partial charge in [-0.3, -0.25) is 0 Å². The van der Waals surface area contributed by atoms with Crippen LogP contribution in [0.4, 0.5) is 5.69 Å². The molecule has 1 N–H and O–H groups in total.